The van der Waals surface area contributed by atoms with Crippen LogP contribution >= 0.6 is 12.2 Å². The Kier molecular flexibility index (Phi) is 5.07. The van der Waals surface area contributed by atoms with Gasteiger partial charge in [-0.15, -0.1) is 0 Å². The maximum absolute atomic E-state index is 5.71. The quantitative estimate of drug-likeness (QED) is 0.357. The third kappa shape index (κ3) is 3.98. The molecule has 1 aromatic heterocycles. The van der Waals surface area contributed by atoms with E-state index in [0.29, 0.717) is 19.0 Å². The first-order valence-electron chi connectivity index (χ1n) is 11.1. The molecular weight excluding hydrogens is 434 g/mol. The Bertz CT molecular complexity index is 1340. The smallest absolute Gasteiger partial charge is 0.173 e. The lowest BCUT2D eigenvalue weighted by Crippen LogP contribution is -2.50. The van der Waals surface area contributed by atoms with Crippen molar-refractivity contribution in [2.75, 3.05) is 49.6 Å². The third-order valence-corrected chi connectivity index (χ3v) is 6.40. The number of thiocarbonyl (C=S) groups is 1. The lowest BCUT2D eigenvalue weighted by Gasteiger charge is -2.37. The van der Waals surface area contributed by atoms with Gasteiger partial charge in [0, 0.05) is 49.7 Å². The van der Waals surface area contributed by atoms with Crippen molar-refractivity contribution < 1.29 is 9.47 Å². The molecule has 8 heteroatoms. The number of rotatable bonds is 2. The molecule has 0 bridgehead atoms. The van der Waals surface area contributed by atoms with Crippen molar-refractivity contribution in [2.24, 2.45) is 0 Å². The highest BCUT2D eigenvalue weighted by Crippen LogP contribution is 2.34. The summed E-state index contributed by atoms with van der Waals surface area (Å²) in [6, 6.07) is 20.3. The van der Waals surface area contributed by atoms with E-state index in [9.17, 15) is 0 Å². The molecule has 33 heavy (non-hydrogen) atoms. The summed E-state index contributed by atoms with van der Waals surface area (Å²) in [4.78, 5) is 14.2. The molecule has 0 atom stereocenters. The number of ether oxygens (including phenoxy) is 2. The van der Waals surface area contributed by atoms with Crippen LogP contribution in [-0.2, 0) is 0 Å². The second-order valence-electron chi connectivity index (χ2n) is 8.15. The number of piperazine rings is 1. The third-order valence-electron chi connectivity index (χ3n) is 6.04. The van der Waals surface area contributed by atoms with Gasteiger partial charge in [0.15, 0.2) is 16.6 Å². The van der Waals surface area contributed by atoms with Crippen molar-refractivity contribution in [1.29, 1.82) is 0 Å². The van der Waals surface area contributed by atoms with E-state index in [-0.39, 0.29) is 0 Å². The predicted octanol–water partition coefficient (Wildman–Crippen LogP) is 4.07. The fourth-order valence-corrected chi connectivity index (χ4v) is 4.60. The lowest BCUT2D eigenvalue weighted by atomic mass is 10.2. The number of aromatic nitrogens is 2. The van der Waals surface area contributed by atoms with Crippen molar-refractivity contribution in [1.82, 2.24) is 14.9 Å². The summed E-state index contributed by atoms with van der Waals surface area (Å²) < 4.78 is 11.4. The minimum atomic E-state index is 0.546. The van der Waals surface area contributed by atoms with Gasteiger partial charge in [0.2, 0.25) is 0 Å². The maximum atomic E-state index is 5.71. The Morgan fingerprint density at radius 2 is 1.39 bits per heavy atom. The van der Waals surface area contributed by atoms with E-state index in [1.54, 1.807) is 0 Å². The van der Waals surface area contributed by atoms with Crippen molar-refractivity contribution in [3.8, 4) is 11.5 Å². The molecule has 0 spiro atoms. The zero-order chi connectivity index (χ0) is 22.2. The average Bonchev–Trinajstić information content (AvgIpc) is 2.87. The van der Waals surface area contributed by atoms with Gasteiger partial charge in [0.25, 0.3) is 0 Å². The molecule has 0 radical (unpaired) electrons. The van der Waals surface area contributed by atoms with Crippen molar-refractivity contribution in [3.05, 3.63) is 60.7 Å². The van der Waals surface area contributed by atoms with Gasteiger partial charge in [0.1, 0.15) is 13.2 Å². The topological polar surface area (TPSA) is 62.8 Å². The molecular formula is C25H23N5O2S. The van der Waals surface area contributed by atoms with Gasteiger partial charge in [-0.1, -0.05) is 18.2 Å². The minimum Gasteiger partial charge on any atom is -0.486 e. The lowest BCUT2D eigenvalue weighted by molar-refractivity contribution is 0.172. The van der Waals surface area contributed by atoms with Gasteiger partial charge in [-0.25, -0.2) is 9.97 Å². The Balaban J connectivity index is 1.18. The number of nitrogens with zero attached hydrogens (tertiary/aromatic N) is 4. The highest BCUT2D eigenvalue weighted by molar-refractivity contribution is 7.80. The summed E-state index contributed by atoms with van der Waals surface area (Å²) in [5.41, 5.74) is 5.37. The van der Waals surface area contributed by atoms with E-state index in [2.05, 4.69) is 39.4 Å². The van der Waals surface area contributed by atoms with E-state index in [0.717, 1.165) is 64.8 Å². The van der Waals surface area contributed by atoms with Crippen LogP contribution in [0.4, 0.5) is 11.4 Å². The monoisotopic (exact) mass is 457 g/mol. The molecule has 6 rings (SSSR count). The highest BCUT2D eigenvalue weighted by Gasteiger charge is 2.19. The zero-order valence-corrected chi connectivity index (χ0v) is 18.8. The summed E-state index contributed by atoms with van der Waals surface area (Å²) in [6.07, 6.45) is 0. The van der Waals surface area contributed by atoms with Crippen molar-refractivity contribution >= 4 is 50.8 Å². The Morgan fingerprint density at radius 3 is 2.09 bits per heavy atom. The van der Waals surface area contributed by atoms with Crippen LogP contribution in [0.1, 0.15) is 0 Å². The molecule has 1 N–H and O–H groups in total. The van der Waals surface area contributed by atoms with Crippen LogP contribution in [0.2, 0.25) is 0 Å². The second-order valence-corrected chi connectivity index (χ2v) is 8.54. The summed E-state index contributed by atoms with van der Waals surface area (Å²) in [5.74, 6) is 1.44. The van der Waals surface area contributed by atoms with Crippen LogP contribution in [0, 0.1) is 0 Å². The van der Waals surface area contributed by atoms with Crippen LogP contribution in [0.3, 0.4) is 0 Å². The Hall–Kier alpha value is -3.65. The maximum Gasteiger partial charge on any atom is 0.173 e. The molecule has 166 valence electrons. The standard InChI is InChI=1S/C25H23N5O2S/c33-25(30-10-8-29(9-11-30)18-4-2-1-3-5-18)26-17-6-7-19-20(14-17)28-22-16-24-23(15-21(22)27-19)31-12-13-32-24/h1-7,14-16H,8-13H2,(H,26,33). The number of anilines is 2. The molecule has 2 aliphatic heterocycles. The summed E-state index contributed by atoms with van der Waals surface area (Å²) in [7, 11) is 0. The Morgan fingerprint density at radius 1 is 0.758 bits per heavy atom. The van der Waals surface area contributed by atoms with Crippen molar-refractivity contribution in [2.45, 2.75) is 0 Å². The van der Waals surface area contributed by atoms with Gasteiger partial charge in [-0.05, 0) is 42.5 Å². The fourth-order valence-electron chi connectivity index (χ4n) is 4.30. The molecule has 0 saturated carbocycles. The summed E-state index contributed by atoms with van der Waals surface area (Å²) in [6.45, 7) is 4.74. The molecule has 1 fully saturated rings. The molecule has 2 aliphatic rings. The number of para-hydroxylation sites is 1. The molecule has 0 amide bonds. The summed E-state index contributed by atoms with van der Waals surface area (Å²) >= 11 is 5.71. The van der Waals surface area contributed by atoms with Crippen LogP contribution in [0.15, 0.2) is 60.7 Å². The number of hydrogen-bond acceptors (Lipinski definition) is 6. The minimum absolute atomic E-state index is 0.546. The Labute approximate surface area is 196 Å². The number of hydrogen-bond donors (Lipinski definition) is 1. The number of fused-ring (bicyclic) bond motifs is 3. The summed E-state index contributed by atoms with van der Waals surface area (Å²) in [5, 5.41) is 4.11. The molecule has 0 aliphatic carbocycles. The second kappa shape index (κ2) is 8.37. The molecule has 1 saturated heterocycles. The van der Waals surface area contributed by atoms with Crippen LogP contribution in [-0.4, -0.2) is 59.4 Å². The first-order chi connectivity index (χ1) is 16.2. The van der Waals surface area contributed by atoms with E-state index >= 15 is 0 Å². The first kappa shape index (κ1) is 20.0. The molecule has 4 aromatic rings. The van der Waals surface area contributed by atoms with Crippen LogP contribution in [0.25, 0.3) is 22.1 Å². The van der Waals surface area contributed by atoms with Crippen LogP contribution < -0.4 is 19.7 Å². The van der Waals surface area contributed by atoms with Gasteiger partial charge >= 0.3 is 0 Å². The fraction of sp³-hybridized carbons (Fsp3) is 0.240. The van der Waals surface area contributed by atoms with E-state index in [4.69, 9.17) is 31.7 Å². The highest BCUT2D eigenvalue weighted by atomic mass is 32.1. The first-order valence-corrected chi connectivity index (χ1v) is 11.5. The van der Waals surface area contributed by atoms with Gasteiger partial charge in [0.05, 0.1) is 22.1 Å². The molecule has 7 nitrogen and oxygen atoms in total. The van der Waals surface area contributed by atoms with Crippen LogP contribution in [0.5, 0.6) is 11.5 Å². The molecule has 3 aromatic carbocycles. The average molecular weight is 458 g/mol. The molecule has 0 unspecified atom stereocenters. The van der Waals surface area contributed by atoms with E-state index < -0.39 is 0 Å². The SMILES string of the molecule is S=C(Nc1ccc2nc3cc4c(cc3nc2c1)OCCO4)N1CCN(c2ccccc2)CC1. The van der Waals surface area contributed by atoms with Gasteiger partial charge < -0.3 is 24.6 Å². The zero-order valence-electron chi connectivity index (χ0n) is 18.0. The van der Waals surface area contributed by atoms with E-state index in [1.807, 2.05) is 36.4 Å². The van der Waals surface area contributed by atoms with Gasteiger partial charge in [-0.3, -0.25) is 0 Å². The van der Waals surface area contributed by atoms with Gasteiger partial charge in [-0.2, -0.15) is 0 Å². The van der Waals surface area contributed by atoms with E-state index in [1.165, 1.54) is 5.69 Å². The largest absolute Gasteiger partial charge is 0.486 e. The normalized spacial score (nSPS) is 15.6. The molecule has 3 heterocycles. The number of benzene rings is 3. The van der Waals surface area contributed by atoms with Crippen molar-refractivity contribution in [3.63, 3.8) is 0 Å². The predicted molar refractivity (Wildman–Crippen MR) is 134 cm³/mol. The number of nitrogens with one attached hydrogen (secondary N) is 1.